The number of hydrogen-bond donors (Lipinski definition) is 0. The molecule has 1 heterocycles. The number of carbonyl (C=O) groups is 1. The van der Waals surface area contributed by atoms with Crippen molar-refractivity contribution in [1.82, 2.24) is 9.88 Å². The third-order valence-corrected chi connectivity index (χ3v) is 2.57. The van der Waals surface area contributed by atoms with Crippen molar-refractivity contribution in [3.8, 4) is 11.8 Å². The van der Waals surface area contributed by atoms with Crippen LogP contribution < -0.4 is 0 Å². The highest BCUT2D eigenvalue weighted by molar-refractivity contribution is 5.93. The van der Waals surface area contributed by atoms with Crippen LogP contribution in [0.3, 0.4) is 0 Å². The molecular formula is C16H13FN2O. The Morgan fingerprint density at radius 2 is 1.90 bits per heavy atom. The lowest BCUT2D eigenvalue weighted by Crippen LogP contribution is -2.21. The van der Waals surface area contributed by atoms with E-state index < -0.39 is 0 Å². The minimum absolute atomic E-state index is 0.132. The summed E-state index contributed by atoms with van der Waals surface area (Å²) in [4.78, 5) is 17.3. The van der Waals surface area contributed by atoms with Crippen LogP contribution in [0.15, 0.2) is 42.7 Å². The first-order chi connectivity index (χ1) is 9.56. The fourth-order valence-corrected chi connectivity index (χ4v) is 1.59. The van der Waals surface area contributed by atoms with E-state index in [2.05, 4.69) is 16.8 Å². The number of nitrogens with zero attached hydrogens (tertiary/aromatic N) is 2. The van der Waals surface area contributed by atoms with Crippen LogP contribution in [0.4, 0.5) is 4.39 Å². The zero-order valence-electron chi connectivity index (χ0n) is 11.2. The van der Waals surface area contributed by atoms with Gasteiger partial charge in [-0.2, -0.15) is 0 Å². The molecule has 100 valence electrons. The molecule has 0 fully saturated rings. The van der Waals surface area contributed by atoms with E-state index >= 15 is 0 Å². The van der Waals surface area contributed by atoms with Gasteiger partial charge in [-0.1, -0.05) is 17.9 Å². The van der Waals surface area contributed by atoms with Crippen molar-refractivity contribution in [2.24, 2.45) is 0 Å². The Labute approximate surface area is 117 Å². The van der Waals surface area contributed by atoms with Crippen molar-refractivity contribution in [3.63, 3.8) is 0 Å². The van der Waals surface area contributed by atoms with Gasteiger partial charge in [0.15, 0.2) is 0 Å². The average Bonchev–Trinajstić information content (AvgIpc) is 2.44. The Hall–Kier alpha value is -2.67. The zero-order valence-corrected chi connectivity index (χ0v) is 11.2. The summed E-state index contributed by atoms with van der Waals surface area (Å²) in [5.74, 6) is 5.25. The highest BCUT2D eigenvalue weighted by Gasteiger charge is 2.07. The van der Waals surface area contributed by atoms with E-state index in [-0.39, 0.29) is 11.7 Å². The lowest BCUT2D eigenvalue weighted by molar-refractivity contribution is 0.0827. The molecule has 0 aliphatic heterocycles. The van der Waals surface area contributed by atoms with E-state index in [0.717, 1.165) is 0 Å². The number of pyridine rings is 1. The smallest absolute Gasteiger partial charge is 0.254 e. The number of carbonyl (C=O) groups excluding carboxylic acids is 1. The minimum atomic E-state index is -0.327. The number of hydrogen-bond acceptors (Lipinski definition) is 2. The maximum Gasteiger partial charge on any atom is 0.254 e. The third-order valence-electron chi connectivity index (χ3n) is 2.57. The van der Waals surface area contributed by atoms with E-state index in [1.165, 1.54) is 23.2 Å². The maximum atomic E-state index is 13.0. The molecule has 0 atom stereocenters. The van der Waals surface area contributed by atoms with Gasteiger partial charge in [-0.25, -0.2) is 4.39 Å². The van der Waals surface area contributed by atoms with Gasteiger partial charge in [0, 0.05) is 37.6 Å². The lowest BCUT2D eigenvalue weighted by atomic mass is 10.1. The second-order valence-electron chi connectivity index (χ2n) is 4.42. The summed E-state index contributed by atoms with van der Waals surface area (Å²) >= 11 is 0. The Morgan fingerprint density at radius 3 is 2.60 bits per heavy atom. The molecule has 0 aliphatic rings. The Bertz CT molecular complexity index is 699. The molecule has 20 heavy (non-hydrogen) atoms. The summed E-state index contributed by atoms with van der Waals surface area (Å²) in [5.41, 5.74) is 1.66. The second kappa shape index (κ2) is 5.98. The fraction of sp³-hybridized carbons (Fsp3) is 0.125. The normalized spacial score (nSPS) is 9.55. The van der Waals surface area contributed by atoms with Gasteiger partial charge in [0.05, 0.1) is 5.56 Å². The Morgan fingerprint density at radius 1 is 1.15 bits per heavy atom. The summed E-state index contributed by atoms with van der Waals surface area (Å²) < 4.78 is 13.0. The number of aromatic nitrogens is 1. The second-order valence-corrected chi connectivity index (χ2v) is 4.42. The average molecular weight is 268 g/mol. The van der Waals surface area contributed by atoms with Crippen LogP contribution in [0.5, 0.6) is 0 Å². The molecule has 0 saturated heterocycles. The van der Waals surface area contributed by atoms with E-state index in [1.54, 1.807) is 38.5 Å². The van der Waals surface area contributed by atoms with Crippen LogP contribution in [0.2, 0.25) is 0 Å². The van der Waals surface area contributed by atoms with E-state index in [9.17, 15) is 9.18 Å². The van der Waals surface area contributed by atoms with Crippen molar-refractivity contribution in [2.75, 3.05) is 14.1 Å². The Balaban J connectivity index is 2.27. The van der Waals surface area contributed by atoms with Gasteiger partial charge in [0.2, 0.25) is 0 Å². The molecule has 0 radical (unpaired) electrons. The van der Waals surface area contributed by atoms with Crippen molar-refractivity contribution in [3.05, 3.63) is 65.2 Å². The van der Waals surface area contributed by atoms with Crippen molar-refractivity contribution in [2.45, 2.75) is 0 Å². The van der Waals surface area contributed by atoms with Crippen molar-refractivity contribution in [1.29, 1.82) is 0 Å². The summed E-state index contributed by atoms with van der Waals surface area (Å²) in [6, 6.07) is 7.71. The molecule has 3 nitrogen and oxygen atoms in total. The third kappa shape index (κ3) is 3.42. The zero-order chi connectivity index (χ0) is 14.5. The molecule has 1 aromatic heterocycles. The molecule has 4 heteroatoms. The first-order valence-electron chi connectivity index (χ1n) is 6.00. The largest absolute Gasteiger partial charge is 0.345 e. The number of halogens is 1. The van der Waals surface area contributed by atoms with Crippen molar-refractivity contribution < 1.29 is 9.18 Å². The van der Waals surface area contributed by atoms with Gasteiger partial charge in [-0.15, -0.1) is 0 Å². The molecule has 0 spiro atoms. The molecule has 0 aliphatic carbocycles. The maximum absolute atomic E-state index is 13.0. The number of benzene rings is 1. The molecule has 1 aromatic carbocycles. The van der Waals surface area contributed by atoms with E-state index in [1.807, 2.05) is 0 Å². The summed E-state index contributed by atoms with van der Waals surface area (Å²) in [5, 5.41) is 0. The highest BCUT2D eigenvalue weighted by Crippen LogP contribution is 2.05. The topological polar surface area (TPSA) is 33.2 Å². The highest BCUT2D eigenvalue weighted by atomic mass is 19.1. The van der Waals surface area contributed by atoms with Gasteiger partial charge in [-0.3, -0.25) is 9.78 Å². The van der Waals surface area contributed by atoms with Crippen molar-refractivity contribution >= 4 is 5.91 Å². The van der Waals surface area contributed by atoms with E-state index in [0.29, 0.717) is 16.7 Å². The quantitative estimate of drug-likeness (QED) is 0.744. The van der Waals surface area contributed by atoms with Gasteiger partial charge in [-0.05, 0) is 24.3 Å². The van der Waals surface area contributed by atoms with Crippen LogP contribution in [0.25, 0.3) is 0 Å². The minimum Gasteiger partial charge on any atom is -0.345 e. The van der Waals surface area contributed by atoms with Gasteiger partial charge < -0.3 is 4.90 Å². The molecule has 0 saturated carbocycles. The fourth-order valence-electron chi connectivity index (χ4n) is 1.59. The molecule has 0 unspecified atom stereocenters. The van der Waals surface area contributed by atoms with Gasteiger partial charge in [0.25, 0.3) is 5.91 Å². The lowest BCUT2D eigenvalue weighted by Gasteiger charge is -2.09. The summed E-state index contributed by atoms with van der Waals surface area (Å²) in [7, 11) is 3.35. The van der Waals surface area contributed by atoms with Gasteiger partial charge in [0.1, 0.15) is 5.82 Å². The molecule has 1 amide bonds. The predicted molar refractivity (Wildman–Crippen MR) is 74.6 cm³/mol. The summed E-state index contributed by atoms with van der Waals surface area (Å²) in [6.07, 6.45) is 3.06. The van der Waals surface area contributed by atoms with Crippen LogP contribution >= 0.6 is 0 Å². The van der Waals surface area contributed by atoms with Crippen LogP contribution in [-0.2, 0) is 0 Å². The molecule has 2 rings (SSSR count). The number of amides is 1. The van der Waals surface area contributed by atoms with Gasteiger partial charge >= 0.3 is 0 Å². The first kappa shape index (κ1) is 13.8. The van der Waals surface area contributed by atoms with Crippen LogP contribution in [0, 0.1) is 17.7 Å². The monoisotopic (exact) mass is 268 g/mol. The predicted octanol–water partition coefficient (Wildman–Crippen LogP) is 2.32. The SMILES string of the molecule is CN(C)C(=O)c1cncc(C#Cc2cccc(F)c2)c1. The number of rotatable bonds is 1. The standard InChI is InChI=1S/C16H13FN2O/c1-19(2)16(20)14-8-13(10-18-11-14)7-6-12-4-3-5-15(17)9-12/h3-5,8-11H,1-2H3. The summed E-state index contributed by atoms with van der Waals surface area (Å²) in [6.45, 7) is 0. The van der Waals surface area contributed by atoms with E-state index in [4.69, 9.17) is 0 Å². The Kier molecular flexibility index (Phi) is 4.11. The van der Waals surface area contributed by atoms with Crippen LogP contribution in [-0.4, -0.2) is 29.9 Å². The molecule has 0 N–H and O–H groups in total. The van der Waals surface area contributed by atoms with Crippen LogP contribution in [0.1, 0.15) is 21.5 Å². The first-order valence-corrected chi connectivity index (χ1v) is 6.00. The molecular weight excluding hydrogens is 255 g/mol. The molecule has 0 bridgehead atoms. The molecule has 2 aromatic rings.